The molecule has 2 rings (SSSR count). The Labute approximate surface area is 104 Å². The molecule has 1 amide bonds. The van der Waals surface area contributed by atoms with E-state index in [1.54, 1.807) is 7.05 Å². The first-order valence-electron chi connectivity index (χ1n) is 5.86. The first kappa shape index (κ1) is 13.0. The molecule has 3 nitrogen and oxygen atoms in total. The molecule has 1 aromatic carbocycles. The number of hydrogen-bond donors (Lipinski definition) is 0. The zero-order valence-electron chi connectivity index (χ0n) is 10.2. The molecule has 0 bridgehead atoms. The average Bonchev–Trinajstić information content (AvgIpc) is 2.84. The normalized spacial score (nSPS) is 18.9. The van der Waals surface area contributed by atoms with Crippen LogP contribution in [0.2, 0.25) is 0 Å². The monoisotopic (exact) mass is 255 g/mol. The lowest BCUT2D eigenvalue weighted by molar-refractivity contribution is 0.0761. The van der Waals surface area contributed by atoms with Gasteiger partial charge in [0.05, 0.1) is 12.2 Å². The highest BCUT2D eigenvalue weighted by molar-refractivity contribution is 5.94. The number of hydrogen-bond acceptors (Lipinski definition) is 2. The second kappa shape index (κ2) is 5.44. The number of carbonyl (C=O) groups excluding carboxylic acids is 1. The Bertz CT molecular complexity index is 445. The molecule has 1 atom stereocenters. The molecule has 1 fully saturated rings. The van der Waals surface area contributed by atoms with Crippen LogP contribution >= 0.6 is 0 Å². The molecule has 1 aliphatic rings. The number of amides is 1. The molecular formula is C13H15F2NO2. The SMILES string of the molecule is CN(CC1CCOC1)C(=O)c1cc(F)ccc1F. The van der Waals surface area contributed by atoms with Gasteiger partial charge in [-0.3, -0.25) is 4.79 Å². The van der Waals surface area contributed by atoms with Crippen molar-refractivity contribution in [3.8, 4) is 0 Å². The zero-order valence-corrected chi connectivity index (χ0v) is 10.2. The van der Waals surface area contributed by atoms with E-state index in [-0.39, 0.29) is 11.5 Å². The molecule has 18 heavy (non-hydrogen) atoms. The predicted molar refractivity (Wildman–Crippen MR) is 62.2 cm³/mol. The second-order valence-corrected chi connectivity index (χ2v) is 4.54. The average molecular weight is 255 g/mol. The number of nitrogens with zero attached hydrogens (tertiary/aromatic N) is 1. The minimum absolute atomic E-state index is 0.226. The van der Waals surface area contributed by atoms with Crippen LogP contribution in [0.25, 0.3) is 0 Å². The van der Waals surface area contributed by atoms with Crippen LogP contribution in [-0.4, -0.2) is 37.6 Å². The number of benzene rings is 1. The van der Waals surface area contributed by atoms with Gasteiger partial charge in [-0.15, -0.1) is 0 Å². The van der Waals surface area contributed by atoms with Crippen molar-refractivity contribution in [1.29, 1.82) is 0 Å². The third-order valence-electron chi connectivity index (χ3n) is 3.06. The van der Waals surface area contributed by atoms with E-state index in [1.165, 1.54) is 4.90 Å². The summed E-state index contributed by atoms with van der Waals surface area (Å²) in [7, 11) is 1.59. The lowest BCUT2D eigenvalue weighted by Crippen LogP contribution is -2.32. The summed E-state index contributed by atoms with van der Waals surface area (Å²) in [6.07, 6.45) is 0.892. The summed E-state index contributed by atoms with van der Waals surface area (Å²) in [5.74, 6) is -1.54. The maximum atomic E-state index is 13.5. The van der Waals surface area contributed by atoms with Gasteiger partial charge in [0.25, 0.3) is 5.91 Å². The van der Waals surface area contributed by atoms with Gasteiger partial charge in [0.1, 0.15) is 11.6 Å². The quantitative estimate of drug-likeness (QED) is 0.827. The van der Waals surface area contributed by atoms with Crippen LogP contribution in [0.1, 0.15) is 16.8 Å². The van der Waals surface area contributed by atoms with Crippen LogP contribution in [0.4, 0.5) is 8.78 Å². The number of ether oxygens (including phenoxy) is 1. The summed E-state index contributed by atoms with van der Waals surface area (Å²) in [6.45, 7) is 1.80. The van der Waals surface area contributed by atoms with Crippen LogP contribution in [0.3, 0.4) is 0 Å². The Hall–Kier alpha value is -1.49. The molecule has 0 aromatic heterocycles. The third kappa shape index (κ3) is 2.85. The van der Waals surface area contributed by atoms with Crippen molar-refractivity contribution in [2.45, 2.75) is 6.42 Å². The van der Waals surface area contributed by atoms with Gasteiger partial charge in [-0.05, 0) is 24.6 Å². The van der Waals surface area contributed by atoms with Gasteiger partial charge in [0.15, 0.2) is 0 Å². The van der Waals surface area contributed by atoms with Crippen molar-refractivity contribution in [3.63, 3.8) is 0 Å². The van der Waals surface area contributed by atoms with Crippen LogP contribution < -0.4 is 0 Å². The van der Waals surface area contributed by atoms with Crippen LogP contribution in [0.15, 0.2) is 18.2 Å². The Morgan fingerprint density at radius 2 is 2.28 bits per heavy atom. The van der Waals surface area contributed by atoms with E-state index in [0.29, 0.717) is 19.8 Å². The largest absolute Gasteiger partial charge is 0.381 e. The van der Waals surface area contributed by atoms with E-state index in [2.05, 4.69) is 0 Å². The molecule has 1 saturated heterocycles. The highest BCUT2D eigenvalue weighted by Crippen LogP contribution is 2.16. The molecule has 0 aliphatic carbocycles. The fourth-order valence-corrected chi connectivity index (χ4v) is 2.06. The van der Waals surface area contributed by atoms with E-state index >= 15 is 0 Å². The molecule has 0 saturated carbocycles. The second-order valence-electron chi connectivity index (χ2n) is 4.54. The van der Waals surface area contributed by atoms with Crippen molar-refractivity contribution >= 4 is 5.91 Å². The van der Waals surface area contributed by atoms with Gasteiger partial charge >= 0.3 is 0 Å². The fraction of sp³-hybridized carbons (Fsp3) is 0.462. The Kier molecular flexibility index (Phi) is 3.91. The first-order chi connectivity index (χ1) is 8.58. The molecule has 1 heterocycles. The van der Waals surface area contributed by atoms with Crippen molar-refractivity contribution in [2.75, 3.05) is 26.8 Å². The van der Waals surface area contributed by atoms with Gasteiger partial charge in [-0.1, -0.05) is 0 Å². The number of carbonyl (C=O) groups is 1. The van der Waals surface area contributed by atoms with Gasteiger partial charge in [0, 0.05) is 26.1 Å². The lowest BCUT2D eigenvalue weighted by Gasteiger charge is -2.20. The molecule has 0 spiro atoms. The molecule has 1 aliphatic heterocycles. The van der Waals surface area contributed by atoms with Crippen LogP contribution in [-0.2, 0) is 4.74 Å². The van der Waals surface area contributed by atoms with E-state index in [9.17, 15) is 13.6 Å². The minimum atomic E-state index is -0.698. The van der Waals surface area contributed by atoms with Crippen molar-refractivity contribution in [1.82, 2.24) is 4.90 Å². The van der Waals surface area contributed by atoms with Gasteiger partial charge in [-0.25, -0.2) is 8.78 Å². The smallest absolute Gasteiger partial charge is 0.256 e. The van der Waals surface area contributed by atoms with E-state index in [4.69, 9.17) is 4.74 Å². The summed E-state index contributed by atoms with van der Waals surface area (Å²) >= 11 is 0. The van der Waals surface area contributed by atoms with Crippen molar-refractivity contribution in [2.24, 2.45) is 5.92 Å². The lowest BCUT2D eigenvalue weighted by atomic mass is 10.1. The van der Waals surface area contributed by atoms with Gasteiger partial charge in [0.2, 0.25) is 0 Å². The third-order valence-corrected chi connectivity index (χ3v) is 3.06. The Morgan fingerprint density at radius 1 is 1.50 bits per heavy atom. The summed E-state index contributed by atoms with van der Waals surface area (Å²) in [4.78, 5) is 13.4. The maximum Gasteiger partial charge on any atom is 0.256 e. The Morgan fingerprint density at radius 3 is 2.94 bits per heavy atom. The highest BCUT2D eigenvalue weighted by Gasteiger charge is 2.22. The van der Waals surface area contributed by atoms with Gasteiger partial charge in [-0.2, -0.15) is 0 Å². The molecule has 0 radical (unpaired) electrons. The number of rotatable bonds is 3. The summed E-state index contributed by atoms with van der Waals surface area (Å²) < 4.78 is 31.7. The summed E-state index contributed by atoms with van der Waals surface area (Å²) in [6, 6.07) is 2.89. The van der Waals surface area contributed by atoms with E-state index in [1.807, 2.05) is 0 Å². The highest BCUT2D eigenvalue weighted by atomic mass is 19.1. The molecule has 1 aromatic rings. The van der Waals surface area contributed by atoms with Gasteiger partial charge < -0.3 is 9.64 Å². The van der Waals surface area contributed by atoms with Crippen molar-refractivity contribution in [3.05, 3.63) is 35.4 Å². The van der Waals surface area contributed by atoms with Crippen molar-refractivity contribution < 1.29 is 18.3 Å². The van der Waals surface area contributed by atoms with E-state index in [0.717, 1.165) is 24.6 Å². The molecule has 0 N–H and O–H groups in total. The standard InChI is InChI=1S/C13H15F2NO2/c1-16(7-9-4-5-18-8-9)13(17)11-6-10(14)2-3-12(11)15/h2-3,6,9H,4-5,7-8H2,1H3. The number of halogens is 2. The minimum Gasteiger partial charge on any atom is -0.381 e. The van der Waals surface area contributed by atoms with E-state index < -0.39 is 17.5 Å². The molecule has 5 heteroatoms. The van der Waals surface area contributed by atoms with Crippen LogP contribution in [0.5, 0.6) is 0 Å². The predicted octanol–water partition coefficient (Wildman–Crippen LogP) is 2.07. The van der Waals surface area contributed by atoms with Crippen LogP contribution in [0, 0.1) is 17.6 Å². The molecule has 1 unspecified atom stereocenters. The summed E-state index contributed by atoms with van der Waals surface area (Å²) in [5.41, 5.74) is -0.226. The first-order valence-corrected chi connectivity index (χ1v) is 5.86. The summed E-state index contributed by atoms with van der Waals surface area (Å²) in [5, 5.41) is 0. The Balaban J connectivity index is 2.07. The maximum absolute atomic E-state index is 13.5. The fourth-order valence-electron chi connectivity index (χ4n) is 2.06. The zero-order chi connectivity index (χ0) is 13.1. The molecule has 98 valence electrons. The topological polar surface area (TPSA) is 29.5 Å². The molecular weight excluding hydrogens is 240 g/mol.